The Balaban J connectivity index is 1.78. The molecule has 0 aliphatic carbocycles. The SMILES string of the molecule is COc1cc(OC)c(C(=O)OCC(=O)Nc2cc(C(F)(F)F)ccc2-n2cncn2)cc1OC. The summed E-state index contributed by atoms with van der Waals surface area (Å²) in [6.07, 6.45) is -2.21. The molecule has 0 saturated heterocycles. The van der Waals surface area contributed by atoms with E-state index in [0.717, 1.165) is 18.2 Å². The van der Waals surface area contributed by atoms with Crippen LogP contribution in [0.4, 0.5) is 18.9 Å². The molecular formula is C21H19F3N4O6. The molecule has 0 aliphatic heterocycles. The summed E-state index contributed by atoms with van der Waals surface area (Å²) in [5.41, 5.74) is -1.11. The van der Waals surface area contributed by atoms with E-state index in [9.17, 15) is 22.8 Å². The van der Waals surface area contributed by atoms with Crippen molar-refractivity contribution in [2.24, 2.45) is 0 Å². The van der Waals surface area contributed by atoms with Crippen molar-refractivity contribution in [3.63, 3.8) is 0 Å². The summed E-state index contributed by atoms with van der Waals surface area (Å²) in [5, 5.41) is 6.17. The Labute approximate surface area is 191 Å². The van der Waals surface area contributed by atoms with E-state index in [1.807, 2.05) is 0 Å². The summed E-state index contributed by atoms with van der Waals surface area (Å²) in [7, 11) is 4.10. The van der Waals surface area contributed by atoms with Crippen molar-refractivity contribution >= 4 is 17.6 Å². The molecule has 0 unspecified atom stereocenters. The van der Waals surface area contributed by atoms with Crippen molar-refractivity contribution in [2.75, 3.05) is 33.3 Å². The van der Waals surface area contributed by atoms with Gasteiger partial charge in [0.2, 0.25) is 0 Å². The molecule has 13 heteroatoms. The molecule has 0 spiro atoms. The minimum atomic E-state index is -4.64. The number of alkyl halides is 3. The molecule has 180 valence electrons. The van der Waals surface area contributed by atoms with Crippen molar-refractivity contribution in [1.29, 1.82) is 0 Å². The van der Waals surface area contributed by atoms with Crippen molar-refractivity contribution in [3.8, 4) is 22.9 Å². The van der Waals surface area contributed by atoms with Gasteiger partial charge in [-0.3, -0.25) is 4.79 Å². The van der Waals surface area contributed by atoms with Gasteiger partial charge in [0, 0.05) is 12.1 Å². The van der Waals surface area contributed by atoms with Gasteiger partial charge >= 0.3 is 12.1 Å². The van der Waals surface area contributed by atoms with Crippen LogP contribution in [-0.4, -0.2) is 54.6 Å². The lowest BCUT2D eigenvalue weighted by Gasteiger charge is -2.15. The molecule has 1 N–H and O–H groups in total. The summed E-state index contributed by atoms with van der Waals surface area (Å²) in [4.78, 5) is 28.7. The van der Waals surface area contributed by atoms with Crippen molar-refractivity contribution in [3.05, 3.63) is 54.1 Å². The number of methoxy groups -OCH3 is 3. The van der Waals surface area contributed by atoms with Crippen LogP contribution in [0.3, 0.4) is 0 Å². The molecule has 2 aromatic carbocycles. The van der Waals surface area contributed by atoms with E-state index in [1.165, 1.54) is 50.8 Å². The van der Waals surface area contributed by atoms with E-state index < -0.39 is 30.2 Å². The number of hydrogen-bond acceptors (Lipinski definition) is 8. The fourth-order valence-corrected chi connectivity index (χ4v) is 2.93. The highest BCUT2D eigenvalue weighted by Crippen LogP contribution is 2.35. The third-order valence-electron chi connectivity index (χ3n) is 4.52. The number of aromatic nitrogens is 3. The number of carbonyl (C=O) groups is 2. The average Bonchev–Trinajstić information content (AvgIpc) is 3.35. The lowest BCUT2D eigenvalue weighted by Crippen LogP contribution is -2.22. The summed E-state index contributed by atoms with van der Waals surface area (Å²) in [5.74, 6) is -1.17. The predicted molar refractivity (Wildman–Crippen MR) is 111 cm³/mol. The molecule has 3 aromatic rings. The van der Waals surface area contributed by atoms with Gasteiger partial charge in [-0.05, 0) is 18.2 Å². The van der Waals surface area contributed by atoms with Crippen molar-refractivity contribution in [1.82, 2.24) is 14.8 Å². The first-order valence-electron chi connectivity index (χ1n) is 9.51. The number of esters is 1. The summed E-state index contributed by atoms with van der Waals surface area (Å²) in [6.45, 7) is -0.788. The molecule has 10 nitrogen and oxygen atoms in total. The second-order valence-electron chi connectivity index (χ2n) is 6.60. The highest BCUT2D eigenvalue weighted by molar-refractivity contribution is 5.98. The molecule has 0 aliphatic rings. The lowest BCUT2D eigenvalue weighted by atomic mass is 10.1. The molecule has 0 saturated carbocycles. The normalized spacial score (nSPS) is 11.0. The number of hydrogen-bond donors (Lipinski definition) is 1. The van der Waals surface area contributed by atoms with Crippen molar-refractivity contribution in [2.45, 2.75) is 6.18 Å². The van der Waals surface area contributed by atoms with Gasteiger partial charge in [-0.2, -0.15) is 18.3 Å². The Morgan fingerprint density at radius 1 is 1.00 bits per heavy atom. The minimum Gasteiger partial charge on any atom is -0.496 e. The number of benzene rings is 2. The lowest BCUT2D eigenvalue weighted by molar-refractivity contribution is -0.137. The number of nitrogens with one attached hydrogen (secondary N) is 1. The highest BCUT2D eigenvalue weighted by Gasteiger charge is 2.31. The number of anilines is 1. The van der Waals surface area contributed by atoms with Gasteiger partial charge < -0.3 is 24.3 Å². The number of nitrogens with zero attached hydrogens (tertiary/aromatic N) is 3. The maximum Gasteiger partial charge on any atom is 0.416 e. The van der Waals surface area contributed by atoms with Gasteiger partial charge in [-0.1, -0.05) is 0 Å². The predicted octanol–water partition coefficient (Wildman–Crippen LogP) is 3.11. The van der Waals surface area contributed by atoms with Crippen molar-refractivity contribution < 1.29 is 41.7 Å². The maximum absolute atomic E-state index is 13.2. The zero-order chi connectivity index (χ0) is 24.9. The Bertz CT molecular complexity index is 1180. The zero-order valence-corrected chi connectivity index (χ0v) is 18.2. The molecular weight excluding hydrogens is 461 g/mol. The Morgan fingerprint density at radius 3 is 2.26 bits per heavy atom. The number of rotatable bonds is 8. The van der Waals surface area contributed by atoms with Gasteiger partial charge in [-0.25, -0.2) is 14.5 Å². The summed E-state index contributed by atoms with van der Waals surface area (Å²) in [6, 6.07) is 5.44. The van der Waals surface area contributed by atoms with E-state index in [2.05, 4.69) is 15.4 Å². The van der Waals surface area contributed by atoms with Gasteiger partial charge in [0.05, 0.1) is 38.3 Å². The molecule has 1 amide bonds. The second-order valence-corrected chi connectivity index (χ2v) is 6.60. The largest absolute Gasteiger partial charge is 0.496 e. The average molecular weight is 480 g/mol. The molecule has 1 aromatic heterocycles. The van der Waals surface area contributed by atoms with Gasteiger partial charge in [-0.15, -0.1) is 0 Å². The standard InChI is InChI=1S/C21H19F3N4O6/c1-31-16-8-18(33-3)17(32-2)7-13(16)20(30)34-9-19(29)27-14-6-12(21(22,23)24)4-5-15(14)28-11-25-10-26-28/h4-8,10-11H,9H2,1-3H3,(H,27,29). The van der Waals surface area contributed by atoms with Crippen LogP contribution in [0.1, 0.15) is 15.9 Å². The number of halogens is 3. The van der Waals surface area contributed by atoms with E-state index in [1.54, 1.807) is 0 Å². The first-order valence-corrected chi connectivity index (χ1v) is 9.51. The van der Waals surface area contributed by atoms with E-state index in [4.69, 9.17) is 18.9 Å². The first-order chi connectivity index (χ1) is 16.2. The Kier molecular flexibility index (Phi) is 7.24. The monoisotopic (exact) mass is 480 g/mol. The molecule has 0 bridgehead atoms. The molecule has 0 atom stereocenters. The Hall–Kier alpha value is -4.29. The van der Waals surface area contributed by atoms with Crippen LogP contribution in [0.25, 0.3) is 5.69 Å². The fraction of sp³-hybridized carbons (Fsp3) is 0.238. The van der Waals surface area contributed by atoms with Crippen LogP contribution >= 0.6 is 0 Å². The summed E-state index contributed by atoms with van der Waals surface area (Å²) >= 11 is 0. The van der Waals surface area contributed by atoms with Gasteiger partial charge in [0.15, 0.2) is 18.1 Å². The third kappa shape index (κ3) is 5.36. The number of carbonyl (C=O) groups excluding carboxylic acids is 2. The van der Waals surface area contributed by atoms with Crippen LogP contribution in [0.5, 0.6) is 17.2 Å². The van der Waals surface area contributed by atoms with Crippen LogP contribution in [0.2, 0.25) is 0 Å². The number of amides is 1. The highest BCUT2D eigenvalue weighted by atomic mass is 19.4. The second kappa shape index (κ2) is 10.1. The molecule has 34 heavy (non-hydrogen) atoms. The van der Waals surface area contributed by atoms with Crippen LogP contribution < -0.4 is 19.5 Å². The van der Waals surface area contributed by atoms with E-state index >= 15 is 0 Å². The van der Waals surface area contributed by atoms with Crippen LogP contribution in [0, 0.1) is 0 Å². The smallest absolute Gasteiger partial charge is 0.416 e. The van der Waals surface area contributed by atoms with Gasteiger partial charge in [0.25, 0.3) is 5.91 Å². The maximum atomic E-state index is 13.2. The molecule has 1 heterocycles. The number of ether oxygens (including phenoxy) is 4. The molecule has 0 fully saturated rings. The summed E-state index contributed by atoms with van der Waals surface area (Å²) < 4.78 is 61.1. The van der Waals surface area contributed by atoms with Gasteiger partial charge in [0.1, 0.15) is 24.0 Å². The Morgan fingerprint density at radius 2 is 1.68 bits per heavy atom. The molecule has 3 rings (SSSR count). The van der Waals surface area contributed by atoms with E-state index in [0.29, 0.717) is 5.75 Å². The minimum absolute atomic E-state index is 0.0460. The van der Waals surface area contributed by atoms with Crippen LogP contribution in [0.15, 0.2) is 43.0 Å². The van der Waals surface area contributed by atoms with E-state index in [-0.39, 0.29) is 28.4 Å². The third-order valence-corrected chi connectivity index (χ3v) is 4.52. The first kappa shape index (κ1) is 24.4. The zero-order valence-electron chi connectivity index (χ0n) is 18.2. The molecule has 0 radical (unpaired) electrons. The van der Waals surface area contributed by atoms with Crippen LogP contribution in [-0.2, 0) is 15.7 Å². The topological polar surface area (TPSA) is 114 Å². The fourth-order valence-electron chi connectivity index (χ4n) is 2.93. The quantitative estimate of drug-likeness (QED) is 0.490.